The number of carbonyl (C=O) groups is 1. The molecule has 0 unspecified atom stereocenters. The Labute approximate surface area is 71.7 Å². The molecule has 1 aliphatic rings. The molecule has 1 aliphatic carbocycles. The average Bonchev–Trinajstić information content (AvgIpc) is 2.05. The number of methoxy groups -OCH3 is 1. The van der Waals surface area contributed by atoms with E-state index in [-0.39, 0.29) is 5.97 Å². The van der Waals surface area contributed by atoms with Gasteiger partial charge in [-0.2, -0.15) is 0 Å². The Morgan fingerprint density at radius 2 is 1.92 bits per heavy atom. The lowest BCUT2D eigenvalue weighted by atomic mass is 10.1. The lowest BCUT2D eigenvalue weighted by molar-refractivity contribution is -0.137. The molecule has 12 heavy (non-hydrogen) atoms. The lowest BCUT2D eigenvalue weighted by Gasteiger charge is -2.12. The fourth-order valence-corrected chi connectivity index (χ4v) is 1.04. The third kappa shape index (κ3) is 2.42. The van der Waals surface area contributed by atoms with E-state index in [1.807, 2.05) is 6.08 Å². The van der Waals surface area contributed by atoms with Crippen LogP contribution in [0.15, 0.2) is 23.7 Å². The normalized spacial score (nSPS) is 16.2. The third-order valence-corrected chi connectivity index (χ3v) is 1.61. The molecule has 0 N–H and O–H groups in total. The van der Waals surface area contributed by atoms with Crippen molar-refractivity contribution in [3.63, 3.8) is 0 Å². The zero-order chi connectivity index (χ0) is 8.97. The summed E-state index contributed by atoms with van der Waals surface area (Å²) in [4.78, 5) is 10.5. The predicted octanol–water partition coefficient (Wildman–Crippen LogP) is 1.76. The summed E-state index contributed by atoms with van der Waals surface area (Å²) in [7, 11) is 1.64. The van der Waals surface area contributed by atoms with Crippen LogP contribution in [0, 0.1) is 0 Å². The second-order valence-corrected chi connectivity index (χ2v) is 2.56. The van der Waals surface area contributed by atoms with Crippen molar-refractivity contribution in [2.24, 2.45) is 0 Å². The quantitative estimate of drug-likeness (QED) is 0.589. The van der Waals surface area contributed by atoms with Gasteiger partial charge in [-0.1, -0.05) is 0 Å². The van der Waals surface area contributed by atoms with Gasteiger partial charge in [-0.05, 0) is 12.2 Å². The number of ether oxygens (including phenoxy) is 2. The highest BCUT2D eigenvalue weighted by molar-refractivity contribution is 5.67. The molecular weight excluding hydrogens is 156 g/mol. The van der Waals surface area contributed by atoms with Crippen LogP contribution in [0.1, 0.15) is 19.8 Å². The molecule has 3 nitrogen and oxygen atoms in total. The second-order valence-electron chi connectivity index (χ2n) is 2.56. The number of hydrogen-bond acceptors (Lipinski definition) is 3. The van der Waals surface area contributed by atoms with Gasteiger partial charge < -0.3 is 9.47 Å². The summed E-state index contributed by atoms with van der Waals surface area (Å²) < 4.78 is 9.93. The molecule has 0 aliphatic heterocycles. The van der Waals surface area contributed by atoms with E-state index >= 15 is 0 Å². The first-order valence-electron chi connectivity index (χ1n) is 3.84. The summed E-state index contributed by atoms with van der Waals surface area (Å²) in [5.74, 6) is 1.37. The SMILES string of the molecule is COC1=CC=C(OC(C)=O)CC1. The smallest absolute Gasteiger partial charge is 0.307 e. The molecule has 0 heterocycles. The van der Waals surface area contributed by atoms with Crippen LogP contribution >= 0.6 is 0 Å². The molecule has 0 saturated carbocycles. The van der Waals surface area contributed by atoms with E-state index in [4.69, 9.17) is 9.47 Å². The second kappa shape index (κ2) is 3.95. The molecule has 0 aromatic rings. The summed E-state index contributed by atoms with van der Waals surface area (Å²) in [6, 6.07) is 0. The fourth-order valence-electron chi connectivity index (χ4n) is 1.04. The van der Waals surface area contributed by atoms with Crippen LogP contribution in [0.2, 0.25) is 0 Å². The largest absolute Gasteiger partial charge is 0.501 e. The topological polar surface area (TPSA) is 35.5 Å². The molecule has 0 amide bonds. The van der Waals surface area contributed by atoms with Crippen molar-refractivity contribution in [1.29, 1.82) is 0 Å². The van der Waals surface area contributed by atoms with Gasteiger partial charge in [0, 0.05) is 19.8 Å². The zero-order valence-corrected chi connectivity index (χ0v) is 7.29. The summed E-state index contributed by atoms with van der Waals surface area (Å²) in [6.45, 7) is 1.40. The molecule has 3 heteroatoms. The molecule has 66 valence electrons. The Morgan fingerprint density at radius 1 is 1.33 bits per heavy atom. The van der Waals surface area contributed by atoms with Crippen LogP contribution in [-0.2, 0) is 14.3 Å². The van der Waals surface area contributed by atoms with Crippen LogP contribution in [-0.4, -0.2) is 13.1 Å². The molecule has 0 aromatic carbocycles. The van der Waals surface area contributed by atoms with Gasteiger partial charge >= 0.3 is 5.97 Å². The molecule has 0 saturated heterocycles. The summed E-state index contributed by atoms with van der Waals surface area (Å²) in [6.07, 6.45) is 5.13. The van der Waals surface area contributed by atoms with Gasteiger partial charge in [0.15, 0.2) is 0 Å². The van der Waals surface area contributed by atoms with Gasteiger partial charge in [-0.25, -0.2) is 0 Å². The van der Waals surface area contributed by atoms with E-state index in [1.165, 1.54) is 6.92 Å². The van der Waals surface area contributed by atoms with Crippen molar-refractivity contribution in [2.75, 3.05) is 7.11 Å². The summed E-state index contributed by atoms with van der Waals surface area (Å²) >= 11 is 0. The van der Waals surface area contributed by atoms with Gasteiger partial charge in [-0.3, -0.25) is 4.79 Å². The molecule has 0 fully saturated rings. The van der Waals surface area contributed by atoms with Crippen LogP contribution in [0.5, 0.6) is 0 Å². The first kappa shape index (κ1) is 8.84. The van der Waals surface area contributed by atoms with Crippen LogP contribution in [0.4, 0.5) is 0 Å². The van der Waals surface area contributed by atoms with E-state index in [9.17, 15) is 4.79 Å². The van der Waals surface area contributed by atoms with Crippen molar-refractivity contribution in [3.8, 4) is 0 Å². The molecule has 0 spiro atoms. The highest BCUT2D eigenvalue weighted by atomic mass is 16.5. The predicted molar refractivity (Wildman–Crippen MR) is 44.2 cm³/mol. The monoisotopic (exact) mass is 168 g/mol. The molecule has 0 atom stereocenters. The molecule has 1 rings (SSSR count). The number of rotatable bonds is 2. The van der Waals surface area contributed by atoms with E-state index in [0.29, 0.717) is 5.76 Å². The van der Waals surface area contributed by atoms with Gasteiger partial charge in [0.05, 0.1) is 12.9 Å². The number of esters is 1. The van der Waals surface area contributed by atoms with Crippen molar-refractivity contribution < 1.29 is 14.3 Å². The number of allylic oxidation sites excluding steroid dienone is 4. The standard InChI is InChI=1S/C9H12O3/c1-7(10)12-9-5-3-8(11-2)4-6-9/h3,5H,4,6H2,1-2H3. The summed E-state index contributed by atoms with van der Waals surface area (Å²) in [5, 5.41) is 0. The maximum Gasteiger partial charge on any atom is 0.307 e. The Balaban J connectivity index is 2.54. The maximum atomic E-state index is 10.5. The Hall–Kier alpha value is -1.25. The maximum absolute atomic E-state index is 10.5. The number of carbonyl (C=O) groups excluding carboxylic acids is 1. The fraction of sp³-hybridized carbons (Fsp3) is 0.444. The Bertz CT molecular complexity index is 238. The van der Waals surface area contributed by atoms with Gasteiger partial charge in [0.1, 0.15) is 5.76 Å². The number of hydrogen-bond donors (Lipinski definition) is 0. The molecular formula is C9H12O3. The van der Waals surface area contributed by atoms with Crippen molar-refractivity contribution >= 4 is 5.97 Å². The van der Waals surface area contributed by atoms with Gasteiger partial charge in [-0.15, -0.1) is 0 Å². The minimum Gasteiger partial charge on any atom is -0.501 e. The molecule has 0 radical (unpaired) electrons. The van der Waals surface area contributed by atoms with Gasteiger partial charge in [0.2, 0.25) is 0 Å². The van der Waals surface area contributed by atoms with Gasteiger partial charge in [0.25, 0.3) is 0 Å². The highest BCUT2D eigenvalue weighted by Gasteiger charge is 2.08. The highest BCUT2D eigenvalue weighted by Crippen LogP contribution is 2.19. The Morgan fingerprint density at radius 3 is 2.33 bits per heavy atom. The van der Waals surface area contributed by atoms with E-state index in [2.05, 4.69) is 0 Å². The average molecular weight is 168 g/mol. The molecule has 0 bridgehead atoms. The minimum absolute atomic E-state index is 0.268. The van der Waals surface area contributed by atoms with Crippen molar-refractivity contribution in [1.82, 2.24) is 0 Å². The van der Waals surface area contributed by atoms with Crippen molar-refractivity contribution in [3.05, 3.63) is 23.7 Å². The van der Waals surface area contributed by atoms with E-state index < -0.39 is 0 Å². The van der Waals surface area contributed by atoms with E-state index in [0.717, 1.165) is 18.6 Å². The Kier molecular flexibility index (Phi) is 2.91. The first-order valence-corrected chi connectivity index (χ1v) is 3.84. The van der Waals surface area contributed by atoms with Crippen molar-refractivity contribution in [2.45, 2.75) is 19.8 Å². The van der Waals surface area contributed by atoms with E-state index in [1.54, 1.807) is 13.2 Å². The minimum atomic E-state index is -0.268. The van der Waals surface area contributed by atoms with Crippen LogP contribution in [0.3, 0.4) is 0 Å². The molecule has 0 aromatic heterocycles. The summed E-state index contributed by atoms with van der Waals surface area (Å²) in [5.41, 5.74) is 0. The third-order valence-electron chi connectivity index (χ3n) is 1.61. The van der Waals surface area contributed by atoms with Crippen LogP contribution < -0.4 is 0 Å². The van der Waals surface area contributed by atoms with Crippen LogP contribution in [0.25, 0.3) is 0 Å². The first-order chi connectivity index (χ1) is 5.72. The lowest BCUT2D eigenvalue weighted by Crippen LogP contribution is -2.02. The zero-order valence-electron chi connectivity index (χ0n) is 7.29.